The fourth-order valence-corrected chi connectivity index (χ4v) is 3.65. The van der Waals surface area contributed by atoms with Gasteiger partial charge in [0.2, 0.25) is 12.3 Å². The highest BCUT2D eigenvalue weighted by Crippen LogP contribution is 2.37. The smallest absolute Gasteiger partial charge is 0.233 e. The molecule has 1 aliphatic heterocycles. The Morgan fingerprint density at radius 3 is 2.72 bits per heavy atom. The lowest BCUT2D eigenvalue weighted by atomic mass is 9.74. The van der Waals surface area contributed by atoms with Gasteiger partial charge in [-0.15, -0.1) is 0 Å². The van der Waals surface area contributed by atoms with Gasteiger partial charge in [0.25, 0.3) is 0 Å². The number of aromatic nitrogens is 5. The van der Waals surface area contributed by atoms with Crippen molar-refractivity contribution in [3.8, 4) is 0 Å². The SMILES string of the molecule is Cc1noc(C2(Cc3ccc(F)c(Nc4cc(C)[nH]n4)n3)CCN(C=O)CC2)n1. The summed E-state index contributed by atoms with van der Waals surface area (Å²) in [6, 6.07) is 4.82. The molecule has 9 nitrogen and oxygen atoms in total. The maximum Gasteiger partial charge on any atom is 0.233 e. The Morgan fingerprint density at radius 1 is 1.31 bits per heavy atom. The molecule has 0 radical (unpaired) electrons. The Labute approximate surface area is 166 Å². The van der Waals surface area contributed by atoms with Crippen LogP contribution in [0.25, 0.3) is 0 Å². The van der Waals surface area contributed by atoms with Crippen LogP contribution in [0.5, 0.6) is 0 Å². The Hall–Kier alpha value is -3.30. The van der Waals surface area contributed by atoms with Crippen molar-refractivity contribution in [1.82, 2.24) is 30.2 Å². The third kappa shape index (κ3) is 3.96. The van der Waals surface area contributed by atoms with E-state index in [0.29, 0.717) is 55.6 Å². The molecule has 1 fully saturated rings. The van der Waals surface area contributed by atoms with Crippen LogP contribution in [0.2, 0.25) is 0 Å². The first-order valence-electron chi connectivity index (χ1n) is 9.42. The number of amides is 1. The average Bonchev–Trinajstić information content (AvgIpc) is 3.33. The molecule has 1 saturated heterocycles. The molecule has 2 N–H and O–H groups in total. The third-order valence-electron chi connectivity index (χ3n) is 5.26. The van der Waals surface area contributed by atoms with Gasteiger partial charge in [-0.05, 0) is 38.8 Å². The first-order valence-corrected chi connectivity index (χ1v) is 9.42. The quantitative estimate of drug-likeness (QED) is 0.612. The minimum Gasteiger partial charge on any atom is -0.345 e. The molecule has 1 aliphatic rings. The van der Waals surface area contributed by atoms with E-state index in [1.54, 1.807) is 24.0 Å². The molecule has 10 heteroatoms. The van der Waals surface area contributed by atoms with Gasteiger partial charge in [-0.2, -0.15) is 10.1 Å². The van der Waals surface area contributed by atoms with E-state index in [2.05, 4.69) is 30.6 Å². The van der Waals surface area contributed by atoms with Gasteiger partial charge in [-0.25, -0.2) is 9.37 Å². The predicted molar refractivity (Wildman–Crippen MR) is 102 cm³/mol. The number of likely N-dealkylation sites (tertiary alicyclic amines) is 1. The predicted octanol–water partition coefficient (Wildman–Crippen LogP) is 2.42. The Kier molecular flexibility index (Phi) is 4.99. The van der Waals surface area contributed by atoms with Crippen LogP contribution < -0.4 is 5.32 Å². The molecule has 0 saturated carbocycles. The normalized spacial score (nSPS) is 16.0. The zero-order valence-corrected chi connectivity index (χ0v) is 16.3. The van der Waals surface area contributed by atoms with Crippen molar-refractivity contribution in [2.75, 3.05) is 18.4 Å². The molecule has 4 rings (SSSR count). The van der Waals surface area contributed by atoms with Gasteiger partial charge in [-0.1, -0.05) is 5.16 Å². The van der Waals surface area contributed by atoms with Crippen molar-refractivity contribution < 1.29 is 13.7 Å². The largest absolute Gasteiger partial charge is 0.345 e. The number of rotatable bonds is 6. The van der Waals surface area contributed by atoms with Crippen LogP contribution in [0.15, 0.2) is 22.7 Å². The molecule has 0 unspecified atom stereocenters. The van der Waals surface area contributed by atoms with Gasteiger partial charge in [0.1, 0.15) is 0 Å². The molecule has 0 atom stereocenters. The lowest BCUT2D eigenvalue weighted by molar-refractivity contribution is -0.119. The number of aryl methyl sites for hydroxylation is 2. The monoisotopic (exact) mass is 399 g/mol. The lowest BCUT2D eigenvalue weighted by Crippen LogP contribution is -2.43. The molecule has 0 spiro atoms. The van der Waals surface area contributed by atoms with Crippen molar-refractivity contribution in [3.05, 3.63) is 47.1 Å². The number of piperidine rings is 1. The Morgan fingerprint density at radius 2 is 2.10 bits per heavy atom. The van der Waals surface area contributed by atoms with Crippen LogP contribution in [0.1, 0.15) is 35.9 Å². The number of pyridine rings is 1. The van der Waals surface area contributed by atoms with Crippen LogP contribution in [0.3, 0.4) is 0 Å². The molecule has 3 aromatic heterocycles. The van der Waals surface area contributed by atoms with E-state index in [9.17, 15) is 9.18 Å². The Bertz CT molecular complexity index is 1010. The second kappa shape index (κ2) is 7.61. The molecule has 152 valence electrons. The average molecular weight is 399 g/mol. The number of hydrogen-bond donors (Lipinski definition) is 2. The van der Waals surface area contributed by atoms with E-state index in [4.69, 9.17) is 4.52 Å². The maximum absolute atomic E-state index is 14.3. The first-order chi connectivity index (χ1) is 14.0. The summed E-state index contributed by atoms with van der Waals surface area (Å²) in [6.45, 7) is 4.80. The number of aromatic amines is 1. The fraction of sp³-hybridized carbons (Fsp3) is 0.421. The van der Waals surface area contributed by atoms with Gasteiger partial charge in [-0.3, -0.25) is 9.89 Å². The fourth-order valence-electron chi connectivity index (χ4n) is 3.65. The molecule has 0 aliphatic carbocycles. The van der Waals surface area contributed by atoms with E-state index >= 15 is 0 Å². The Balaban J connectivity index is 1.62. The van der Waals surface area contributed by atoms with Crippen LogP contribution in [0, 0.1) is 19.7 Å². The van der Waals surface area contributed by atoms with Crippen LogP contribution >= 0.6 is 0 Å². The number of halogens is 1. The highest BCUT2D eigenvalue weighted by atomic mass is 19.1. The van der Waals surface area contributed by atoms with Gasteiger partial charge in [0.05, 0.1) is 5.41 Å². The molecule has 0 bridgehead atoms. The zero-order valence-electron chi connectivity index (χ0n) is 16.3. The van der Waals surface area contributed by atoms with E-state index < -0.39 is 11.2 Å². The van der Waals surface area contributed by atoms with Crippen LogP contribution in [-0.2, 0) is 16.6 Å². The summed E-state index contributed by atoms with van der Waals surface area (Å²) in [7, 11) is 0. The van der Waals surface area contributed by atoms with Crippen molar-refractivity contribution in [3.63, 3.8) is 0 Å². The van der Waals surface area contributed by atoms with Gasteiger partial charge < -0.3 is 14.7 Å². The highest BCUT2D eigenvalue weighted by Gasteiger charge is 2.41. The maximum atomic E-state index is 14.3. The van der Waals surface area contributed by atoms with E-state index in [0.717, 1.165) is 12.1 Å². The minimum absolute atomic E-state index is 0.108. The number of hydrogen-bond acceptors (Lipinski definition) is 7. The number of nitrogens with zero attached hydrogens (tertiary/aromatic N) is 5. The molecule has 0 aromatic carbocycles. The van der Waals surface area contributed by atoms with Crippen molar-refractivity contribution in [1.29, 1.82) is 0 Å². The van der Waals surface area contributed by atoms with Crippen LogP contribution in [0.4, 0.5) is 16.0 Å². The zero-order chi connectivity index (χ0) is 20.4. The second-order valence-electron chi connectivity index (χ2n) is 7.44. The summed E-state index contributed by atoms with van der Waals surface area (Å²) >= 11 is 0. The molecular formula is C19H22FN7O2. The summed E-state index contributed by atoms with van der Waals surface area (Å²) in [5.41, 5.74) is 1.10. The molecule has 3 aromatic rings. The van der Waals surface area contributed by atoms with Crippen LogP contribution in [-0.4, -0.2) is 49.7 Å². The number of H-pyrrole nitrogens is 1. The molecular weight excluding hydrogens is 377 g/mol. The third-order valence-corrected chi connectivity index (χ3v) is 5.26. The number of carbonyl (C=O) groups is 1. The minimum atomic E-state index is -0.465. The number of carbonyl (C=O) groups excluding carboxylic acids is 1. The topological polar surface area (TPSA) is 113 Å². The number of anilines is 2. The summed E-state index contributed by atoms with van der Waals surface area (Å²) in [4.78, 5) is 21.8. The van der Waals surface area contributed by atoms with Crippen molar-refractivity contribution in [2.45, 2.75) is 38.5 Å². The van der Waals surface area contributed by atoms with Gasteiger partial charge in [0, 0.05) is 37.0 Å². The standard InChI is InChI=1S/C19H22FN7O2/c1-12-9-16(25-24-12)23-17-15(20)4-3-14(22-17)10-19(18-21-13(2)26-29-18)5-7-27(11-28)8-6-19/h3-4,9,11H,5-8,10H2,1-2H3,(H2,22,23,24,25). The van der Waals surface area contributed by atoms with E-state index in [-0.39, 0.29) is 5.82 Å². The van der Waals surface area contributed by atoms with Gasteiger partial charge in [0.15, 0.2) is 23.3 Å². The molecule has 29 heavy (non-hydrogen) atoms. The second-order valence-corrected chi connectivity index (χ2v) is 7.44. The summed E-state index contributed by atoms with van der Waals surface area (Å²) < 4.78 is 19.8. The summed E-state index contributed by atoms with van der Waals surface area (Å²) in [5, 5.41) is 13.7. The highest BCUT2D eigenvalue weighted by molar-refractivity contribution is 5.52. The van der Waals surface area contributed by atoms with Gasteiger partial charge >= 0.3 is 0 Å². The molecule has 1 amide bonds. The summed E-state index contributed by atoms with van der Waals surface area (Å²) in [6.07, 6.45) is 2.67. The molecule has 4 heterocycles. The summed E-state index contributed by atoms with van der Waals surface area (Å²) in [5.74, 6) is 1.22. The van der Waals surface area contributed by atoms with E-state index in [1.165, 1.54) is 6.07 Å². The number of nitrogens with one attached hydrogen (secondary N) is 2. The van der Waals surface area contributed by atoms with Crippen molar-refractivity contribution >= 4 is 18.0 Å². The van der Waals surface area contributed by atoms with E-state index in [1.807, 2.05) is 6.92 Å². The first kappa shape index (κ1) is 19.0. The lowest BCUT2D eigenvalue weighted by Gasteiger charge is -2.37. The van der Waals surface area contributed by atoms with Crippen molar-refractivity contribution in [2.24, 2.45) is 0 Å².